The second kappa shape index (κ2) is 3.91. The second-order valence-corrected chi connectivity index (χ2v) is 4.43. The number of hydrogen-bond acceptors (Lipinski definition) is 0. The topological polar surface area (TPSA) is 0 Å². The Hall–Kier alpha value is -0.533. The van der Waals surface area contributed by atoms with E-state index in [4.69, 9.17) is 0 Å². The predicted molar refractivity (Wildman–Crippen MR) is 63.0 cm³/mol. The van der Waals surface area contributed by atoms with E-state index in [2.05, 4.69) is 42.2 Å². The summed E-state index contributed by atoms with van der Waals surface area (Å²) in [5.74, 6) is 2.21. The maximum Gasteiger partial charge on any atom is 0.00303 e. The van der Waals surface area contributed by atoms with E-state index >= 15 is 0 Å². The van der Waals surface area contributed by atoms with Gasteiger partial charge >= 0.3 is 0 Å². The second-order valence-electron chi connectivity index (χ2n) is 3.33. The van der Waals surface area contributed by atoms with E-state index < -0.39 is 0 Å². The molecule has 1 aliphatic rings. The van der Waals surface area contributed by atoms with Crippen LogP contribution in [0.4, 0.5) is 0 Å². The van der Waals surface area contributed by atoms with Crippen molar-refractivity contribution in [3.05, 3.63) is 53.1 Å². The summed E-state index contributed by atoms with van der Waals surface area (Å²) in [5, 5.41) is 1.56. The summed E-state index contributed by atoms with van der Waals surface area (Å²) in [6, 6.07) is 13.1. The normalized spacial score (nSPS) is 12.0. The molecule has 1 heterocycles. The van der Waals surface area contributed by atoms with Crippen LogP contribution in [0.5, 0.6) is 0 Å². The molecular formula is C12H9LiP. The molecule has 0 nitrogen and oxygen atoms in total. The quantitative estimate of drug-likeness (QED) is 0.477. The molecule has 0 fully saturated rings. The molecule has 1 aromatic carbocycles. The van der Waals surface area contributed by atoms with E-state index in [1.165, 1.54) is 24.9 Å². The fourth-order valence-electron chi connectivity index (χ4n) is 1.94. The number of hydrogen-bond donors (Lipinski definition) is 0. The first-order valence-corrected chi connectivity index (χ1v) is 5.44. The van der Waals surface area contributed by atoms with E-state index in [0.717, 1.165) is 6.42 Å². The third-order valence-corrected chi connectivity index (χ3v) is 3.59. The molecule has 1 aromatic heterocycles. The van der Waals surface area contributed by atoms with Crippen molar-refractivity contribution in [1.29, 1.82) is 0 Å². The first kappa shape index (κ1) is 10.0. The van der Waals surface area contributed by atoms with Crippen LogP contribution in [0.25, 0.3) is 11.1 Å². The van der Waals surface area contributed by atoms with Gasteiger partial charge in [0.2, 0.25) is 0 Å². The third-order valence-electron chi connectivity index (χ3n) is 2.56. The molecule has 1 radical (unpaired) electrons. The number of benzene rings is 1. The van der Waals surface area contributed by atoms with Crippen LogP contribution in [0.2, 0.25) is 0 Å². The zero-order valence-electron chi connectivity index (χ0n) is 8.20. The molecule has 0 saturated heterocycles. The van der Waals surface area contributed by atoms with E-state index in [1.807, 2.05) is 0 Å². The third kappa shape index (κ3) is 1.45. The van der Waals surface area contributed by atoms with Crippen LogP contribution in [0, 0.1) is 0 Å². The van der Waals surface area contributed by atoms with Gasteiger partial charge in [-0.05, 0) is 27.8 Å². The standard InChI is InChI=1S/C12H9P.Li/c1-2-5-10-9(4-1)8-12-11(10)6-3-7-13-12;/h1-7H,8H2;. The Bertz CT molecular complexity index is 422. The zero-order chi connectivity index (χ0) is 8.67. The molecule has 0 spiro atoms. The Morgan fingerprint density at radius 3 is 2.64 bits per heavy atom. The van der Waals surface area contributed by atoms with Gasteiger partial charge in [-0.1, -0.05) is 44.6 Å². The largest absolute Gasteiger partial charge is 0.0719 e. The molecule has 63 valence electrons. The summed E-state index contributed by atoms with van der Waals surface area (Å²) < 4.78 is 0. The van der Waals surface area contributed by atoms with Gasteiger partial charge in [0.05, 0.1) is 0 Å². The van der Waals surface area contributed by atoms with Gasteiger partial charge < -0.3 is 0 Å². The molecule has 0 aliphatic heterocycles. The monoisotopic (exact) mass is 191 g/mol. The van der Waals surface area contributed by atoms with E-state index in [-0.39, 0.29) is 18.9 Å². The molecule has 0 unspecified atom stereocenters. The summed E-state index contributed by atoms with van der Waals surface area (Å²) in [5.41, 5.74) is 4.38. The van der Waals surface area contributed by atoms with Crippen LogP contribution < -0.4 is 0 Å². The van der Waals surface area contributed by atoms with Crippen molar-refractivity contribution in [2.45, 2.75) is 6.42 Å². The first-order chi connectivity index (χ1) is 6.45. The molecular weight excluding hydrogens is 182 g/mol. The average Bonchev–Trinajstić information content (AvgIpc) is 2.56. The van der Waals surface area contributed by atoms with Gasteiger partial charge in [0.25, 0.3) is 0 Å². The van der Waals surface area contributed by atoms with Gasteiger partial charge in [-0.25, -0.2) is 0 Å². The minimum absolute atomic E-state index is 0. The summed E-state index contributed by atoms with van der Waals surface area (Å²) in [6.07, 6.45) is 1.15. The van der Waals surface area contributed by atoms with Gasteiger partial charge in [-0.3, -0.25) is 0 Å². The Morgan fingerprint density at radius 1 is 0.929 bits per heavy atom. The zero-order valence-corrected chi connectivity index (χ0v) is 9.09. The minimum atomic E-state index is 0. The molecule has 14 heavy (non-hydrogen) atoms. The summed E-state index contributed by atoms with van der Waals surface area (Å²) >= 11 is 0. The number of fused-ring (bicyclic) bond motifs is 3. The Balaban J connectivity index is 0.000000750. The van der Waals surface area contributed by atoms with Crippen molar-refractivity contribution in [3.63, 3.8) is 0 Å². The first-order valence-electron chi connectivity index (χ1n) is 4.47. The molecule has 0 atom stereocenters. The smallest absolute Gasteiger partial charge is 0.00303 e. The Labute approximate surface area is 97.6 Å². The van der Waals surface area contributed by atoms with Crippen molar-refractivity contribution >= 4 is 27.1 Å². The van der Waals surface area contributed by atoms with E-state index in [1.54, 1.807) is 5.30 Å². The molecule has 0 saturated carbocycles. The summed E-state index contributed by atoms with van der Waals surface area (Å²) in [6.45, 7) is 0. The average molecular weight is 191 g/mol. The van der Waals surface area contributed by atoms with Gasteiger partial charge in [0.1, 0.15) is 0 Å². The molecule has 0 N–H and O–H groups in total. The summed E-state index contributed by atoms with van der Waals surface area (Å²) in [7, 11) is 1.38. The molecule has 0 amide bonds. The fraction of sp³-hybridized carbons (Fsp3) is 0.0833. The van der Waals surface area contributed by atoms with Gasteiger partial charge in [0.15, 0.2) is 0 Å². The maximum absolute atomic E-state index is 2.23. The molecule has 2 aromatic rings. The van der Waals surface area contributed by atoms with Crippen LogP contribution >= 0.6 is 8.19 Å². The van der Waals surface area contributed by atoms with Gasteiger partial charge in [0, 0.05) is 25.3 Å². The van der Waals surface area contributed by atoms with Crippen LogP contribution in [-0.2, 0) is 6.42 Å². The van der Waals surface area contributed by atoms with Crippen LogP contribution in [0.15, 0.2) is 42.2 Å². The summed E-state index contributed by atoms with van der Waals surface area (Å²) in [4.78, 5) is 0. The van der Waals surface area contributed by atoms with Crippen molar-refractivity contribution in [3.8, 4) is 11.1 Å². The van der Waals surface area contributed by atoms with Crippen molar-refractivity contribution in [2.24, 2.45) is 0 Å². The molecule has 3 rings (SSSR count). The van der Waals surface area contributed by atoms with Crippen molar-refractivity contribution < 1.29 is 0 Å². The Morgan fingerprint density at radius 2 is 1.71 bits per heavy atom. The molecule has 0 bridgehead atoms. The van der Waals surface area contributed by atoms with Crippen molar-refractivity contribution in [2.75, 3.05) is 0 Å². The number of rotatable bonds is 0. The van der Waals surface area contributed by atoms with Crippen LogP contribution in [0.3, 0.4) is 0 Å². The van der Waals surface area contributed by atoms with E-state index in [9.17, 15) is 0 Å². The molecule has 1 aliphatic carbocycles. The minimum Gasteiger partial charge on any atom is -0.0719 e. The SMILES string of the molecule is [Li].c1ccc2c(c1)Cc1pcccc1-2. The maximum atomic E-state index is 2.23. The van der Waals surface area contributed by atoms with Gasteiger partial charge in [-0.15, -0.1) is 0 Å². The van der Waals surface area contributed by atoms with Crippen LogP contribution in [0.1, 0.15) is 10.9 Å². The fourth-order valence-corrected chi connectivity index (χ4v) is 2.89. The predicted octanol–water partition coefficient (Wildman–Crippen LogP) is 3.46. The Kier molecular flexibility index (Phi) is 2.80. The molecule has 2 heteroatoms. The van der Waals surface area contributed by atoms with E-state index in [0.29, 0.717) is 0 Å². The van der Waals surface area contributed by atoms with Crippen molar-refractivity contribution in [1.82, 2.24) is 0 Å². The van der Waals surface area contributed by atoms with Crippen LogP contribution in [-0.4, -0.2) is 18.9 Å². The van der Waals surface area contributed by atoms with Gasteiger partial charge in [-0.2, -0.15) is 0 Å².